The summed E-state index contributed by atoms with van der Waals surface area (Å²) in [6, 6.07) is 7.70. The number of nitrogens with zero attached hydrogens (tertiary/aromatic N) is 2. The van der Waals surface area contributed by atoms with E-state index < -0.39 is 5.41 Å². The predicted octanol–water partition coefficient (Wildman–Crippen LogP) is 0.515. The third-order valence-corrected chi connectivity index (χ3v) is 4.39. The molecule has 0 aliphatic carbocycles. The first-order chi connectivity index (χ1) is 9.60. The summed E-state index contributed by atoms with van der Waals surface area (Å²) in [7, 11) is 1.74. The highest BCUT2D eigenvalue weighted by Crippen LogP contribution is 2.46. The number of rotatable bonds is 2. The lowest BCUT2D eigenvalue weighted by Crippen LogP contribution is -2.53. The number of hydrogen-bond acceptors (Lipinski definition) is 3. The number of likely N-dealkylation sites (tertiary alicyclic amines) is 1. The van der Waals surface area contributed by atoms with Crippen LogP contribution in [-0.2, 0) is 15.0 Å². The van der Waals surface area contributed by atoms with Crippen molar-refractivity contribution in [2.24, 2.45) is 0 Å². The standard InChI is InChI=1S/C15H18N2O3/c1-16-10-15(7-6-13(16)19)11-4-2-3-5-12(11)17(8-9-18)14(15)20/h2-5,18H,6-10H2,1H3. The lowest BCUT2D eigenvalue weighted by Gasteiger charge is -2.37. The molecule has 1 saturated heterocycles. The largest absolute Gasteiger partial charge is 0.395 e. The molecule has 1 N–H and O–H groups in total. The summed E-state index contributed by atoms with van der Waals surface area (Å²) in [5, 5.41) is 9.19. The molecule has 2 amide bonds. The zero-order chi connectivity index (χ0) is 14.3. The van der Waals surface area contributed by atoms with Gasteiger partial charge in [0.2, 0.25) is 11.8 Å². The summed E-state index contributed by atoms with van der Waals surface area (Å²) in [5.74, 6) is 0.0913. The number of fused-ring (bicyclic) bond motifs is 2. The smallest absolute Gasteiger partial charge is 0.239 e. The van der Waals surface area contributed by atoms with E-state index in [9.17, 15) is 14.7 Å². The molecule has 2 heterocycles. The van der Waals surface area contributed by atoms with Crippen molar-refractivity contribution in [2.75, 3.05) is 31.6 Å². The van der Waals surface area contributed by atoms with Gasteiger partial charge < -0.3 is 14.9 Å². The van der Waals surface area contributed by atoms with Gasteiger partial charge in [0.05, 0.1) is 12.0 Å². The van der Waals surface area contributed by atoms with Crippen LogP contribution in [0.25, 0.3) is 0 Å². The van der Waals surface area contributed by atoms with E-state index in [-0.39, 0.29) is 18.4 Å². The molecule has 3 rings (SSSR count). The number of anilines is 1. The highest BCUT2D eigenvalue weighted by atomic mass is 16.3. The lowest BCUT2D eigenvalue weighted by atomic mass is 9.75. The van der Waals surface area contributed by atoms with E-state index in [1.54, 1.807) is 16.8 Å². The fourth-order valence-corrected chi connectivity index (χ4v) is 3.40. The van der Waals surface area contributed by atoms with Crippen LogP contribution < -0.4 is 4.90 Å². The number of carbonyl (C=O) groups is 2. The predicted molar refractivity (Wildman–Crippen MR) is 74.4 cm³/mol. The molecule has 5 heteroatoms. The van der Waals surface area contributed by atoms with Gasteiger partial charge in [-0.25, -0.2) is 0 Å². The highest BCUT2D eigenvalue weighted by Gasteiger charge is 2.53. The molecule has 5 nitrogen and oxygen atoms in total. The molecule has 1 fully saturated rings. The second kappa shape index (κ2) is 4.59. The van der Waals surface area contributed by atoms with E-state index in [2.05, 4.69) is 0 Å². The molecule has 0 saturated carbocycles. The van der Waals surface area contributed by atoms with Gasteiger partial charge in [0.15, 0.2) is 0 Å². The summed E-state index contributed by atoms with van der Waals surface area (Å²) in [6.45, 7) is 0.657. The number of benzene rings is 1. The average molecular weight is 274 g/mol. The fraction of sp³-hybridized carbons (Fsp3) is 0.467. The van der Waals surface area contributed by atoms with Crippen LogP contribution in [-0.4, -0.2) is 48.6 Å². The Morgan fingerprint density at radius 2 is 2.05 bits per heavy atom. The van der Waals surface area contributed by atoms with Crippen molar-refractivity contribution < 1.29 is 14.7 Å². The molecule has 1 unspecified atom stereocenters. The molecule has 0 aromatic heterocycles. The molecular weight excluding hydrogens is 256 g/mol. The van der Waals surface area contributed by atoms with Gasteiger partial charge in [0, 0.05) is 32.2 Å². The second-order valence-corrected chi connectivity index (χ2v) is 5.53. The molecule has 1 aromatic carbocycles. The van der Waals surface area contributed by atoms with Crippen LogP contribution in [0.2, 0.25) is 0 Å². The molecule has 2 aliphatic rings. The Morgan fingerprint density at radius 1 is 1.30 bits per heavy atom. The third-order valence-electron chi connectivity index (χ3n) is 4.39. The first-order valence-electron chi connectivity index (χ1n) is 6.86. The number of carbonyl (C=O) groups excluding carboxylic acids is 2. The van der Waals surface area contributed by atoms with E-state index in [1.807, 2.05) is 24.3 Å². The number of hydrogen-bond donors (Lipinski definition) is 1. The normalized spacial score (nSPS) is 25.5. The zero-order valence-corrected chi connectivity index (χ0v) is 11.5. The molecular formula is C15H18N2O3. The molecule has 0 bridgehead atoms. The number of likely N-dealkylation sites (N-methyl/N-ethyl adjacent to an activating group) is 1. The van der Waals surface area contributed by atoms with Crippen LogP contribution in [0.15, 0.2) is 24.3 Å². The van der Waals surface area contributed by atoms with Crippen molar-refractivity contribution in [1.82, 2.24) is 4.90 Å². The maximum atomic E-state index is 12.9. The summed E-state index contributed by atoms with van der Waals surface area (Å²) in [4.78, 5) is 27.9. The van der Waals surface area contributed by atoms with Crippen LogP contribution in [0.1, 0.15) is 18.4 Å². The van der Waals surface area contributed by atoms with Gasteiger partial charge in [0.1, 0.15) is 0 Å². The van der Waals surface area contributed by atoms with Gasteiger partial charge >= 0.3 is 0 Å². The quantitative estimate of drug-likeness (QED) is 0.855. The lowest BCUT2D eigenvalue weighted by molar-refractivity contribution is -0.137. The maximum Gasteiger partial charge on any atom is 0.239 e. The number of para-hydroxylation sites is 1. The van der Waals surface area contributed by atoms with Crippen molar-refractivity contribution in [3.63, 3.8) is 0 Å². The number of piperidine rings is 1. The first-order valence-corrected chi connectivity index (χ1v) is 6.86. The zero-order valence-electron chi connectivity index (χ0n) is 11.5. The van der Waals surface area contributed by atoms with Crippen LogP contribution in [0, 0.1) is 0 Å². The second-order valence-electron chi connectivity index (χ2n) is 5.53. The minimum Gasteiger partial charge on any atom is -0.395 e. The van der Waals surface area contributed by atoms with E-state index in [0.29, 0.717) is 25.9 Å². The maximum absolute atomic E-state index is 12.9. The Hall–Kier alpha value is -1.88. The van der Waals surface area contributed by atoms with Crippen LogP contribution in [0.5, 0.6) is 0 Å². The minimum absolute atomic E-state index is 0.00657. The summed E-state index contributed by atoms with van der Waals surface area (Å²) in [5.41, 5.74) is 1.22. The van der Waals surface area contributed by atoms with Crippen molar-refractivity contribution in [3.05, 3.63) is 29.8 Å². The number of aliphatic hydroxyl groups is 1. The number of aliphatic hydroxyl groups excluding tert-OH is 1. The van der Waals surface area contributed by atoms with Crippen molar-refractivity contribution in [3.8, 4) is 0 Å². The van der Waals surface area contributed by atoms with E-state index in [4.69, 9.17) is 0 Å². The molecule has 2 aliphatic heterocycles. The minimum atomic E-state index is -0.631. The topological polar surface area (TPSA) is 60.9 Å². The Labute approximate surface area is 117 Å². The summed E-state index contributed by atoms with van der Waals surface area (Å²) in [6.07, 6.45) is 0.942. The Kier molecular flexibility index (Phi) is 3.01. The summed E-state index contributed by atoms with van der Waals surface area (Å²) < 4.78 is 0. The average Bonchev–Trinajstić information content (AvgIpc) is 2.67. The van der Waals surface area contributed by atoms with E-state index in [1.165, 1.54) is 0 Å². The monoisotopic (exact) mass is 274 g/mol. The fourth-order valence-electron chi connectivity index (χ4n) is 3.40. The van der Waals surface area contributed by atoms with Gasteiger partial charge in [0.25, 0.3) is 0 Å². The molecule has 0 radical (unpaired) electrons. The Morgan fingerprint density at radius 3 is 2.75 bits per heavy atom. The van der Waals surface area contributed by atoms with Crippen molar-refractivity contribution in [2.45, 2.75) is 18.3 Å². The molecule has 1 aromatic rings. The van der Waals surface area contributed by atoms with Gasteiger partial charge in [-0.1, -0.05) is 18.2 Å². The highest BCUT2D eigenvalue weighted by molar-refractivity contribution is 6.09. The van der Waals surface area contributed by atoms with E-state index >= 15 is 0 Å². The molecule has 20 heavy (non-hydrogen) atoms. The van der Waals surface area contributed by atoms with E-state index in [0.717, 1.165) is 11.3 Å². The van der Waals surface area contributed by atoms with Crippen LogP contribution in [0.4, 0.5) is 5.69 Å². The van der Waals surface area contributed by atoms with Crippen LogP contribution >= 0.6 is 0 Å². The Balaban J connectivity index is 2.08. The van der Waals surface area contributed by atoms with Gasteiger partial charge in [-0.2, -0.15) is 0 Å². The van der Waals surface area contributed by atoms with Crippen molar-refractivity contribution >= 4 is 17.5 Å². The molecule has 1 atom stereocenters. The third kappa shape index (κ3) is 1.66. The summed E-state index contributed by atoms with van der Waals surface area (Å²) >= 11 is 0. The molecule has 106 valence electrons. The van der Waals surface area contributed by atoms with Gasteiger partial charge in [-0.05, 0) is 18.1 Å². The number of β-amino-alcohol motifs (C(OH)–C–C–N with tert-alkyl or cyclic N) is 1. The first kappa shape index (κ1) is 13.1. The number of amides is 2. The molecule has 1 spiro atoms. The Bertz CT molecular complexity index is 572. The van der Waals surface area contributed by atoms with Gasteiger partial charge in [-0.15, -0.1) is 0 Å². The van der Waals surface area contributed by atoms with Crippen LogP contribution in [0.3, 0.4) is 0 Å². The SMILES string of the molecule is CN1CC2(CCC1=O)C(=O)N(CCO)c1ccccc12. The van der Waals surface area contributed by atoms with Crippen molar-refractivity contribution in [1.29, 1.82) is 0 Å². The van der Waals surface area contributed by atoms with Gasteiger partial charge in [-0.3, -0.25) is 9.59 Å².